The van der Waals surface area contributed by atoms with Gasteiger partial charge in [0.25, 0.3) is 0 Å². The number of benzene rings is 3. The van der Waals surface area contributed by atoms with Crippen LogP contribution in [0.2, 0.25) is 0 Å². The van der Waals surface area contributed by atoms with Gasteiger partial charge in [-0.1, -0.05) is 42.5 Å². The first-order chi connectivity index (χ1) is 15.3. The Bertz CT molecular complexity index is 970. The van der Waals surface area contributed by atoms with Crippen LogP contribution in [0.25, 0.3) is 0 Å². The van der Waals surface area contributed by atoms with Gasteiger partial charge in [0.1, 0.15) is 18.1 Å². The van der Waals surface area contributed by atoms with Gasteiger partial charge in [0.15, 0.2) is 0 Å². The summed E-state index contributed by atoms with van der Waals surface area (Å²) in [5.74, 6) is 1.89. The van der Waals surface area contributed by atoms with Gasteiger partial charge in [-0.2, -0.15) is 0 Å². The van der Waals surface area contributed by atoms with Crippen molar-refractivity contribution in [3.05, 3.63) is 83.9 Å². The quantitative estimate of drug-likeness (QED) is 0.537. The van der Waals surface area contributed by atoms with Gasteiger partial charge in [0, 0.05) is 30.4 Å². The monoisotopic (exact) mass is 414 g/mol. The van der Waals surface area contributed by atoms with Crippen molar-refractivity contribution in [3.8, 4) is 11.5 Å². The van der Waals surface area contributed by atoms with E-state index in [2.05, 4.69) is 82.6 Å². The Labute approximate surface area is 185 Å². The van der Waals surface area contributed by atoms with Gasteiger partial charge in [-0.05, 0) is 61.7 Å². The van der Waals surface area contributed by atoms with Crippen LogP contribution in [-0.2, 0) is 13.0 Å². The smallest absolute Gasteiger partial charge is 0.143 e. The van der Waals surface area contributed by atoms with Gasteiger partial charge >= 0.3 is 0 Å². The van der Waals surface area contributed by atoms with E-state index in [4.69, 9.17) is 9.47 Å². The number of rotatable bonds is 6. The third-order valence-corrected chi connectivity index (χ3v) is 6.56. The van der Waals surface area contributed by atoms with Gasteiger partial charge in [-0.3, -0.25) is 4.90 Å². The average molecular weight is 415 g/mol. The summed E-state index contributed by atoms with van der Waals surface area (Å²) in [5, 5.41) is 0. The summed E-state index contributed by atoms with van der Waals surface area (Å²) in [6.45, 7) is 3.87. The molecule has 0 aliphatic carbocycles. The molecule has 0 amide bonds. The SMILES string of the molecule is COc1ccc(CCN2CCCC2CN2c3ccccc3COc3ccccc32)cc1. The van der Waals surface area contributed by atoms with Crippen molar-refractivity contribution < 1.29 is 9.47 Å². The second-order valence-corrected chi connectivity index (χ2v) is 8.43. The minimum absolute atomic E-state index is 0.539. The van der Waals surface area contributed by atoms with Crippen LogP contribution in [0.1, 0.15) is 24.0 Å². The Kier molecular flexibility index (Phi) is 5.81. The Balaban J connectivity index is 1.34. The number of ether oxygens (including phenoxy) is 2. The Morgan fingerprint density at radius 3 is 2.55 bits per heavy atom. The molecule has 160 valence electrons. The van der Waals surface area contributed by atoms with Crippen molar-refractivity contribution in [1.29, 1.82) is 0 Å². The first kappa shape index (κ1) is 20.0. The zero-order valence-electron chi connectivity index (χ0n) is 18.2. The van der Waals surface area contributed by atoms with Gasteiger partial charge in [0.2, 0.25) is 0 Å². The summed E-state index contributed by atoms with van der Waals surface area (Å²) < 4.78 is 11.4. The predicted molar refractivity (Wildman–Crippen MR) is 126 cm³/mol. The molecule has 2 aliphatic heterocycles. The number of methoxy groups -OCH3 is 1. The van der Waals surface area contributed by atoms with Gasteiger partial charge in [-0.25, -0.2) is 0 Å². The number of para-hydroxylation sites is 3. The molecule has 0 bridgehead atoms. The van der Waals surface area contributed by atoms with Crippen LogP contribution in [0.15, 0.2) is 72.8 Å². The van der Waals surface area contributed by atoms with Crippen LogP contribution >= 0.6 is 0 Å². The van der Waals surface area contributed by atoms with Crippen LogP contribution in [-0.4, -0.2) is 37.7 Å². The van der Waals surface area contributed by atoms with Crippen LogP contribution < -0.4 is 14.4 Å². The fraction of sp³-hybridized carbons (Fsp3) is 0.333. The minimum Gasteiger partial charge on any atom is -0.497 e. The van der Waals surface area contributed by atoms with Crippen LogP contribution in [0.5, 0.6) is 11.5 Å². The van der Waals surface area contributed by atoms with Crippen LogP contribution in [0, 0.1) is 0 Å². The number of hydrogen-bond donors (Lipinski definition) is 0. The fourth-order valence-electron chi connectivity index (χ4n) is 4.85. The third-order valence-electron chi connectivity index (χ3n) is 6.56. The molecular formula is C27H30N2O2. The summed E-state index contributed by atoms with van der Waals surface area (Å²) in [6, 6.07) is 26.1. The molecule has 2 aliphatic rings. The first-order valence-electron chi connectivity index (χ1n) is 11.3. The Morgan fingerprint density at radius 2 is 1.71 bits per heavy atom. The molecule has 3 aromatic rings. The average Bonchev–Trinajstić information content (AvgIpc) is 3.21. The maximum absolute atomic E-state index is 6.16. The summed E-state index contributed by atoms with van der Waals surface area (Å²) in [5.41, 5.74) is 5.07. The van der Waals surface area contributed by atoms with Gasteiger partial charge < -0.3 is 14.4 Å². The van der Waals surface area contributed by atoms with Crippen molar-refractivity contribution in [3.63, 3.8) is 0 Å². The lowest BCUT2D eigenvalue weighted by Gasteiger charge is -2.32. The van der Waals surface area contributed by atoms with E-state index in [1.165, 1.54) is 41.9 Å². The molecule has 0 spiro atoms. The van der Waals surface area contributed by atoms with E-state index in [1.807, 2.05) is 0 Å². The molecule has 0 radical (unpaired) electrons. The van der Waals surface area contributed by atoms with Gasteiger partial charge in [-0.15, -0.1) is 0 Å². The standard InChI is InChI=1S/C27H30N2O2/c1-30-24-14-12-21(13-15-24)16-18-28-17-6-8-23(28)19-29-25-9-3-2-7-22(25)20-31-27-11-5-4-10-26(27)29/h2-5,7,9-15,23H,6,8,16-20H2,1H3. The van der Waals surface area contributed by atoms with Crippen molar-refractivity contribution in [1.82, 2.24) is 4.90 Å². The zero-order valence-corrected chi connectivity index (χ0v) is 18.2. The lowest BCUT2D eigenvalue weighted by Crippen LogP contribution is -2.39. The predicted octanol–water partition coefficient (Wildman–Crippen LogP) is 5.43. The molecular weight excluding hydrogens is 384 g/mol. The maximum Gasteiger partial charge on any atom is 0.143 e. The number of hydrogen-bond acceptors (Lipinski definition) is 4. The molecule has 1 unspecified atom stereocenters. The van der Waals surface area contributed by atoms with Crippen molar-refractivity contribution in [2.75, 3.05) is 31.6 Å². The molecule has 1 atom stereocenters. The molecule has 4 heteroatoms. The van der Waals surface area contributed by atoms with E-state index < -0.39 is 0 Å². The summed E-state index contributed by atoms with van der Waals surface area (Å²) >= 11 is 0. The molecule has 1 fully saturated rings. The minimum atomic E-state index is 0.539. The molecule has 3 aromatic carbocycles. The number of fused-ring (bicyclic) bond motifs is 2. The highest BCUT2D eigenvalue weighted by molar-refractivity contribution is 5.72. The van der Waals surface area contributed by atoms with Crippen molar-refractivity contribution >= 4 is 11.4 Å². The van der Waals surface area contributed by atoms with Crippen molar-refractivity contribution in [2.24, 2.45) is 0 Å². The second kappa shape index (κ2) is 9.03. The Hall–Kier alpha value is -2.98. The summed E-state index contributed by atoms with van der Waals surface area (Å²) in [6.07, 6.45) is 3.57. The molecule has 2 heterocycles. The lowest BCUT2D eigenvalue weighted by molar-refractivity contribution is 0.261. The third kappa shape index (κ3) is 4.26. The lowest BCUT2D eigenvalue weighted by atomic mass is 10.1. The first-order valence-corrected chi connectivity index (χ1v) is 11.3. The summed E-state index contributed by atoms with van der Waals surface area (Å²) in [7, 11) is 1.72. The molecule has 0 N–H and O–H groups in total. The molecule has 5 rings (SSSR count). The highest BCUT2D eigenvalue weighted by Crippen LogP contribution is 2.40. The molecule has 1 saturated heterocycles. The van der Waals surface area contributed by atoms with E-state index in [0.717, 1.165) is 31.0 Å². The molecule has 0 saturated carbocycles. The number of anilines is 2. The highest BCUT2D eigenvalue weighted by atomic mass is 16.5. The summed E-state index contributed by atoms with van der Waals surface area (Å²) in [4.78, 5) is 5.15. The van der Waals surface area contributed by atoms with Crippen LogP contribution in [0.3, 0.4) is 0 Å². The van der Waals surface area contributed by atoms with E-state index in [0.29, 0.717) is 12.6 Å². The second-order valence-electron chi connectivity index (χ2n) is 8.43. The number of nitrogens with zero attached hydrogens (tertiary/aromatic N) is 2. The largest absolute Gasteiger partial charge is 0.497 e. The maximum atomic E-state index is 6.16. The topological polar surface area (TPSA) is 24.9 Å². The highest BCUT2D eigenvalue weighted by Gasteiger charge is 2.29. The van der Waals surface area contributed by atoms with Gasteiger partial charge in [0.05, 0.1) is 12.8 Å². The Morgan fingerprint density at radius 1 is 0.935 bits per heavy atom. The van der Waals surface area contributed by atoms with E-state index in [9.17, 15) is 0 Å². The zero-order chi connectivity index (χ0) is 21.0. The fourth-order valence-corrected chi connectivity index (χ4v) is 4.85. The molecule has 31 heavy (non-hydrogen) atoms. The van der Waals surface area contributed by atoms with E-state index >= 15 is 0 Å². The van der Waals surface area contributed by atoms with Crippen molar-refractivity contribution in [2.45, 2.75) is 31.9 Å². The normalized spacial score (nSPS) is 18.1. The van der Waals surface area contributed by atoms with E-state index in [1.54, 1.807) is 7.11 Å². The van der Waals surface area contributed by atoms with Crippen LogP contribution in [0.4, 0.5) is 11.4 Å². The molecule has 4 nitrogen and oxygen atoms in total. The van der Waals surface area contributed by atoms with E-state index in [-0.39, 0.29) is 0 Å². The molecule has 0 aromatic heterocycles. The number of likely N-dealkylation sites (tertiary alicyclic amines) is 1.